The Balaban J connectivity index is 0.00000256. The Morgan fingerprint density at radius 3 is 2.76 bits per heavy atom. The Hall–Kier alpha value is -0.650. The van der Waals surface area contributed by atoms with E-state index < -0.39 is 0 Å². The number of hydrogen-bond acceptors (Lipinski definition) is 2. The molecule has 0 bridgehead atoms. The summed E-state index contributed by atoms with van der Waals surface area (Å²) in [6.45, 7) is 0.993. The van der Waals surface area contributed by atoms with E-state index in [1.165, 1.54) is 6.07 Å². The molecule has 0 aliphatic heterocycles. The molecule has 0 aliphatic carbocycles. The molecule has 1 rings (SSSR count). The number of carbonyl (C=O) groups excluding carboxylic acids is 1. The predicted molar refractivity (Wildman–Crippen MR) is 71.7 cm³/mol. The van der Waals surface area contributed by atoms with Gasteiger partial charge in [-0.3, -0.25) is 4.79 Å². The Labute approximate surface area is 115 Å². The Kier molecular flexibility index (Phi) is 8.12. The van der Waals surface area contributed by atoms with Crippen molar-refractivity contribution in [3.05, 3.63) is 34.1 Å². The third-order valence-corrected chi connectivity index (χ3v) is 2.72. The van der Waals surface area contributed by atoms with Crippen molar-refractivity contribution in [2.75, 3.05) is 13.6 Å². The molecule has 0 unspecified atom stereocenters. The average Bonchev–Trinajstić information content (AvgIpc) is 2.28. The second-order valence-corrected chi connectivity index (χ2v) is 4.23. The summed E-state index contributed by atoms with van der Waals surface area (Å²) in [4.78, 5) is 11.3. The highest BCUT2D eigenvalue weighted by Crippen LogP contribution is 2.16. The molecular formula is C11H15BrClFN2O. The van der Waals surface area contributed by atoms with Gasteiger partial charge in [0.25, 0.3) is 0 Å². The van der Waals surface area contributed by atoms with Gasteiger partial charge in [-0.15, -0.1) is 12.4 Å². The normalized spacial score (nSPS) is 9.59. The van der Waals surface area contributed by atoms with Gasteiger partial charge in [-0.2, -0.15) is 0 Å². The minimum atomic E-state index is -0.318. The highest BCUT2D eigenvalue weighted by Gasteiger charge is 2.03. The molecule has 0 heterocycles. The van der Waals surface area contributed by atoms with Crippen LogP contribution in [0.3, 0.4) is 0 Å². The molecule has 1 aromatic rings. The van der Waals surface area contributed by atoms with Crippen LogP contribution >= 0.6 is 28.3 Å². The van der Waals surface area contributed by atoms with Crippen molar-refractivity contribution < 1.29 is 9.18 Å². The van der Waals surface area contributed by atoms with Crippen molar-refractivity contribution in [3.8, 4) is 0 Å². The second kappa shape index (κ2) is 8.44. The topological polar surface area (TPSA) is 41.1 Å². The number of rotatable bonds is 5. The van der Waals surface area contributed by atoms with Gasteiger partial charge in [0, 0.05) is 19.5 Å². The molecule has 2 N–H and O–H groups in total. The second-order valence-electron chi connectivity index (χ2n) is 3.38. The third kappa shape index (κ3) is 6.00. The van der Waals surface area contributed by atoms with Crippen molar-refractivity contribution in [1.82, 2.24) is 10.6 Å². The first-order chi connectivity index (χ1) is 7.63. The van der Waals surface area contributed by atoms with E-state index in [0.717, 1.165) is 5.56 Å². The SMILES string of the molecule is CNCCC(=O)NCc1ccc(Br)c(F)c1.Cl. The zero-order valence-electron chi connectivity index (χ0n) is 9.43. The van der Waals surface area contributed by atoms with Crippen LogP contribution in [-0.4, -0.2) is 19.5 Å². The lowest BCUT2D eigenvalue weighted by molar-refractivity contribution is -0.121. The van der Waals surface area contributed by atoms with Crippen molar-refractivity contribution >= 4 is 34.2 Å². The van der Waals surface area contributed by atoms with Gasteiger partial charge in [0.05, 0.1) is 4.47 Å². The van der Waals surface area contributed by atoms with Gasteiger partial charge in [-0.1, -0.05) is 6.07 Å². The van der Waals surface area contributed by atoms with Crippen LogP contribution in [0.25, 0.3) is 0 Å². The van der Waals surface area contributed by atoms with Crippen LogP contribution < -0.4 is 10.6 Å². The predicted octanol–water partition coefficient (Wildman–Crippen LogP) is 2.24. The first-order valence-corrected chi connectivity index (χ1v) is 5.78. The maximum absolute atomic E-state index is 13.1. The van der Waals surface area contributed by atoms with Crippen LogP contribution in [0.15, 0.2) is 22.7 Å². The summed E-state index contributed by atoms with van der Waals surface area (Å²) in [6, 6.07) is 4.80. The molecule has 0 fully saturated rings. The number of nitrogens with one attached hydrogen (secondary N) is 2. The van der Waals surface area contributed by atoms with E-state index >= 15 is 0 Å². The van der Waals surface area contributed by atoms with Gasteiger partial charge in [0.1, 0.15) is 5.82 Å². The lowest BCUT2D eigenvalue weighted by Crippen LogP contribution is -2.26. The summed E-state index contributed by atoms with van der Waals surface area (Å²) in [5, 5.41) is 5.61. The van der Waals surface area contributed by atoms with Gasteiger partial charge in [0.15, 0.2) is 0 Å². The summed E-state index contributed by atoms with van der Waals surface area (Å²) in [6.07, 6.45) is 0.426. The lowest BCUT2D eigenvalue weighted by atomic mass is 10.2. The summed E-state index contributed by atoms with van der Waals surface area (Å²) < 4.78 is 13.6. The van der Waals surface area contributed by atoms with Gasteiger partial charge < -0.3 is 10.6 Å². The number of halogens is 3. The van der Waals surface area contributed by atoms with E-state index in [0.29, 0.717) is 24.0 Å². The van der Waals surface area contributed by atoms with E-state index in [2.05, 4.69) is 26.6 Å². The van der Waals surface area contributed by atoms with Crippen LogP contribution in [0.2, 0.25) is 0 Å². The summed E-state index contributed by atoms with van der Waals surface area (Å²) in [5.74, 6) is -0.361. The van der Waals surface area contributed by atoms with Gasteiger partial charge in [-0.05, 0) is 40.7 Å². The zero-order valence-corrected chi connectivity index (χ0v) is 11.8. The van der Waals surface area contributed by atoms with Crippen LogP contribution in [0.5, 0.6) is 0 Å². The number of carbonyl (C=O) groups is 1. The van der Waals surface area contributed by atoms with Crippen LogP contribution in [0.4, 0.5) is 4.39 Å². The maximum atomic E-state index is 13.1. The minimum Gasteiger partial charge on any atom is -0.352 e. The Bertz CT molecular complexity index is 376. The molecular weight excluding hydrogens is 310 g/mol. The molecule has 6 heteroatoms. The first-order valence-electron chi connectivity index (χ1n) is 4.98. The highest BCUT2D eigenvalue weighted by molar-refractivity contribution is 9.10. The molecule has 0 aliphatic rings. The minimum absolute atomic E-state index is 0. The number of hydrogen-bond donors (Lipinski definition) is 2. The van der Waals surface area contributed by atoms with Crippen LogP contribution in [0, 0.1) is 5.82 Å². The third-order valence-electron chi connectivity index (χ3n) is 2.08. The molecule has 0 saturated heterocycles. The fourth-order valence-corrected chi connectivity index (χ4v) is 1.42. The van der Waals surface area contributed by atoms with Crippen LogP contribution in [0.1, 0.15) is 12.0 Å². The monoisotopic (exact) mass is 324 g/mol. The first kappa shape index (κ1) is 16.4. The Morgan fingerprint density at radius 1 is 1.47 bits per heavy atom. The summed E-state index contributed by atoms with van der Waals surface area (Å²) in [7, 11) is 1.79. The zero-order chi connectivity index (χ0) is 12.0. The molecule has 0 spiro atoms. The lowest BCUT2D eigenvalue weighted by Gasteiger charge is -2.05. The van der Waals surface area contributed by atoms with Crippen molar-refractivity contribution in [1.29, 1.82) is 0 Å². The average molecular weight is 326 g/mol. The standard InChI is InChI=1S/C11H14BrFN2O.ClH/c1-14-5-4-11(16)15-7-8-2-3-9(12)10(13)6-8;/h2-3,6,14H,4-5,7H2,1H3,(H,15,16);1H. The van der Waals surface area contributed by atoms with Gasteiger partial charge in [0.2, 0.25) is 5.91 Å². The van der Waals surface area contributed by atoms with Crippen molar-refractivity contribution in [3.63, 3.8) is 0 Å². The quantitative estimate of drug-likeness (QED) is 0.872. The van der Waals surface area contributed by atoms with Crippen LogP contribution in [-0.2, 0) is 11.3 Å². The highest BCUT2D eigenvalue weighted by atomic mass is 79.9. The molecule has 1 aromatic carbocycles. The summed E-state index contributed by atoms with van der Waals surface area (Å²) in [5.41, 5.74) is 0.749. The smallest absolute Gasteiger partial charge is 0.221 e. The summed E-state index contributed by atoms with van der Waals surface area (Å²) >= 11 is 3.07. The molecule has 0 atom stereocenters. The number of benzene rings is 1. The van der Waals surface area contributed by atoms with E-state index in [9.17, 15) is 9.18 Å². The van der Waals surface area contributed by atoms with Crippen molar-refractivity contribution in [2.24, 2.45) is 0 Å². The fraction of sp³-hybridized carbons (Fsp3) is 0.364. The van der Waals surface area contributed by atoms with Gasteiger partial charge in [-0.25, -0.2) is 4.39 Å². The molecule has 1 amide bonds. The maximum Gasteiger partial charge on any atom is 0.221 e. The molecule has 0 radical (unpaired) electrons. The van der Waals surface area contributed by atoms with Crippen molar-refractivity contribution in [2.45, 2.75) is 13.0 Å². The van der Waals surface area contributed by atoms with E-state index in [1.54, 1.807) is 19.2 Å². The van der Waals surface area contributed by atoms with E-state index in [-0.39, 0.29) is 24.1 Å². The molecule has 3 nitrogen and oxygen atoms in total. The Morgan fingerprint density at radius 2 is 2.18 bits per heavy atom. The molecule has 0 aromatic heterocycles. The molecule has 17 heavy (non-hydrogen) atoms. The van der Waals surface area contributed by atoms with Gasteiger partial charge >= 0.3 is 0 Å². The van der Waals surface area contributed by atoms with E-state index in [4.69, 9.17) is 0 Å². The largest absolute Gasteiger partial charge is 0.352 e. The number of amides is 1. The fourth-order valence-electron chi connectivity index (χ4n) is 1.18. The van der Waals surface area contributed by atoms with E-state index in [1.807, 2.05) is 0 Å². The molecule has 0 saturated carbocycles. The molecule has 96 valence electrons.